The summed E-state index contributed by atoms with van der Waals surface area (Å²) < 4.78 is 48.8. The fourth-order valence-electron chi connectivity index (χ4n) is 2.74. The molecule has 30 heavy (non-hydrogen) atoms. The Balaban J connectivity index is 1.50. The Morgan fingerprint density at radius 2 is 1.83 bits per heavy atom. The minimum atomic E-state index is -4.41. The van der Waals surface area contributed by atoms with Gasteiger partial charge in [0.2, 0.25) is 5.88 Å². The van der Waals surface area contributed by atoms with Crippen molar-refractivity contribution in [1.82, 2.24) is 15.1 Å². The second kappa shape index (κ2) is 7.43. The highest BCUT2D eigenvalue weighted by atomic mass is 19.4. The Labute approximate surface area is 166 Å². The second-order valence-electron chi connectivity index (χ2n) is 6.18. The molecule has 0 atom stereocenters. The van der Waals surface area contributed by atoms with Crippen LogP contribution < -0.4 is 4.74 Å². The van der Waals surface area contributed by atoms with Gasteiger partial charge in [-0.1, -0.05) is 17.3 Å². The minimum Gasteiger partial charge on any atom is -0.469 e. The van der Waals surface area contributed by atoms with Crippen LogP contribution in [-0.2, 0) is 12.8 Å². The van der Waals surface area contributed by atoms with Gasteiger partial charge in [0, 0.05) is 23.8 Å². The van der Waals surface area contributed by atoms with E-state index in [2.05, 4.69) is 15.1 Å². The van der Waals surface area contributed by atoms with Gasteiger partial charge in [0.1, 0.15) is 12.0 Å². The highest BCUT2D eigenvalue weighted by Crippen LogP contribution is 2.31. The third-order valence-electron chi connectivity index (χ3n) is 4.21. The number of benzene rings is 2. The molecule has 0 unspecified atom stereocenters. The molecule has 0 fully saturated rings. The summed E-state index contributed by atoms with van der Waals surface area (Å²) in [6.07, 6.45) is -3.20. The molecule has 2 heterocycles. The molecule has 0 bridgehead atoms. The smallest absolute Gasteiger partial charge is 0.416 e. The summed E-state index contributed by atoms with van der Waals surface area (Å²) in [4.78, 5) is 18.4. The van der Waals surface area contributed by atoms with Crippen molar-refractivity contribution in [1.29, 1.82) is 0 Å². The molecule has 0 saturated carbocycles. The summed E-state index contributed by atoms with van der Waals surface area (Å²) in [5.74, 6) is 0.515. The first-order valence-corrected chi connectivity index (χ1v) is 8.46. The van der Waals surface area contributed by atoms with Gasteiger partial charge in [0.15, 0.2) is 12.4 Å². The fourth-order valence-corrected chi connectivity index (χ4v) is 2.74. The van der Waals surface area contributed by atoms with Crippen LogP contribution in [0.1, 0.15) is 11.3 Å². The van der Waals surface area contributed by atoms with Crippen LogP contribution in [0.2, 0.25) is 0 Å². The van der Waals surface area contributed by atoms with Gasteiger partial charge in [0.25, 0.3) is 5.69 Å². The number of nitro benzene ring substituents is 1. The van der Waals surface area contributed by atoms with Crippen LogP contribution in [0, 0.1) is 10.1 Å². The molecule has 11 heteroatoms. The second-order valence-corrected chi connectivity index (χ2v) is 6.18. The number of non-ortho nitro benzene ring substituents is 1. The quantitative estimate of drug-likeness (QED) is 0.340. The molecule has 2 aromatic carbocycles. The van der Waals surface area contributed by atoms with Gasteiger partial charge in [-0.05, 0) is 18.2 Å². The van der Waals surface area contributed by atoms with E-state index in [1.165, 1.54) is 42.7 Å². The largest absolute Gasteiger partial charge is 0.469 e. The Morgan fingerprint density at radius 1 is 1.07 bits per heavy atom. The zero-order valence-electron chi connectivity index (χ0n) is 15.0. The molecule has 4 rings (SSSR count). The van der Waals surface area contributed by atoms with Crippen LogP contribution in [0.5, 0.6) is 5.88 Å². The average Bonchev–Trinajstić information content (AvgIpc) is 3.20. The Bertz CT molecular complexity index is 1220. The van der Waals surface area contributed by atoms with E-state index >= 15 is 0 Å². The highest BCUT2D eigenvalue weighted by molar-refractivity contribution is 5.85. The molecule has 2 aromatic heterocycles. The van der Waals surface area contributed by atoms with Crippen LogP contribution in [0.3, 0.4) is 0 Å². The van der Waals surface area contributed by atoms with Crippen molar-refractivity contribution < 1.29 is 27.4 Å². The Morgan fingerprint density at radius 3 is 2.53 bits per heavy atom. The van der Waals surface area contributed by atoms with E-state index in [1.807, 2.05) is 0 Å². The number of alkyl halides is 3. The van der Waals surface area contributed by atoms with Crippen molar-refractivity contribution in [2.75, 3.05) is 0 Å². The van der Waals surface area contributed by atoms with Gasteiger partial charge < -0.3 is 9.26 Å². The zero-order chi connectivity index (χ0) is 21.3. The van der Waals surface area contributed by atoms with Crippen molar-refractivity contribution in [3.05, 3.63) is 76.3 Å². The fraction of sp³-hybridized carbons (Fsp3) is 0.105. The number of ether oxygens (including phenoxy) is 1. The van der Waals surface area contributed by atoms with E-state index < -0.39 is 16.7 Å². The lowest BCUT2D eigenvalue weighted by molar-refractivity contribution is -0.384. The van der Waals surface area contributed by atoms with Gasteiger partial charge in [-0.2, -0.15) is 13.2 Å². The average molecular weight is 416 g/mol. The van der Waals surface area contributed by atoms with Gasteiger partial charge in [-0.3, -0.25) is 10.1 Å². The number of fused-ring (bicyclic) bond motifs is 1. The third kappa shape index (κ3) is 3.90. The third-order valence-corrected chi connectivity index (χ3v) is 4.21. The van der Waals surface area contributed by atoms with Gasteiger partial charge in [0.05, 0.1) is 21.4 Å². The molecule has 152 valence electrons. The standard InChI is InChI=1S/C19H11F3N4O4/c20-19(21,22)12-3-1-11(2-4-12)16-8-14(30-25-16)9-29-18-15-6-5-13(26(27)28)7-17(15)23-10-24-18/h1-8,10H,9H2. The maximum absolute atomic E-state index is 12.7. The lowest BCUT2D eigenvalue weighted by Gasteiger charge is -2.06. The SMILES string of the molecule is O=[N+]([O-])c1ccc2c(OCc3cc(-c4ccc(C(F)(F)F)cc4)no3)ncnc2c1. The molecule has 0 aliphatic carbocycles. The molecule has 0 spiro atoms. The summed E-state index contributed by atoms with van der Waals surface area (Å²) in [6, 6.07) is 10.2. The first kappa shape index (κ1) is 19.3. The number of rotatable bonds is 5. The topological polar surface area (TPSA) is 104 Å². The Hall–Kier alpha value is -4.02. The van der Waals surface area contributed by atoms with Gasteiger partial charge >= 0.3 is 6.18 Å². The molecule has 8 nitrogen and oxygen atoms in total. The molecule has 4 aromatic rings. The van der Waals surface area contributed by atoms with E-state index in [0.29, 0.717) is 27.9 Å². The van der Waals surface area contributed by atoms with E-state index in [1.54, 1.807) is 0 Å². The van der Waals surface area contributed by atoms with Crippen LogP contribution >= 0.6 is 0 Å². The summed E-state index contributed by atoms with van der Waals surface area (Å²) in [6.45, 7) is -0.0588. The van der Waals surface area contributed by atoms with E-state index in [0.717, 1.165) is 12.1 Å². The predicted octanol–water partition coefficient (Wildman–Crippen LogP) is 4.79. The lowest BCUT2D eigenvalue weighted by Crippen LogP contribution is -2.03. The van der Waals surface area contributed by atoms with Crippen LogP contribution in [-0.4, -0.2) is 20.0 Å². The van der Waals surface area contributed by atoms with Crippen LogP contribution in [0.15, 0.2) is 59.4 Å². The number of nitrogens with zero attached hydrogens (tertiary/aromatic N) is 4. The number of aromatic nitrogens is 3. The molecule has 0 aliphatic heterocycles. The van der Waals surface area contributed by atoms with E-state index in [9.17, 15) is 23.3 Å². The maximum Gasteiger partial charge on any atom is 0.416 e. The number of nitro groups is 1. The van der Waals surface area contributed by atoms with Gasteiger partial charge in [-0.25, -0.2) is 9.97 Å². The van der Waals surface area contributed by atoms with Crippen molar-refractivity contribution in [2.24, 2.45) is 0 Å². The van der Waals surface area contributed by atoms with Crippen LogP contribution in [0.4, 0.5) is 18.9 Å². The molecule has 0 radical (unpaired) electrons. The Kier molecular flexibility index (Phi) is 4.78. The summed E-state index contributed by atoms with van der Waals surface area (Å²) in [5.41, 5.74) is 0.290. The van der Waals surface area contributed by atoms with E-state index in [-0.39, 0.29) is 18.2 Å². The normalized spacial score (nSPS) is 11.6. The minimum absolute atomic E-state index is 0.0588. The monoisotopic (exact) mass is 416 g/mol. The van der Waals surface area contributed by atoms with Crippen molar-refractivity contribution in [3.63, 3.8) is 0 Å². The summed E-state index contributed by atoms with van der Waals surface area (Å²) >= 11 is 0. The van der Waals surface area contributed by atoms with Gasteiger partial charge in [-0.15, -0.1) is 0 Å². The molecule has 0 aliphatic rings. The van der Waals surface area contributed by atoms with Crippen molar-refractivity contribution in [2.45, 2.75) is 12.8 Å². The van der Waals surface area contributed by atoms with Crippen molar-refractivity contribution >= 4 is 16.6 Å². The summed E-state index contributed by atoms with van der Waals surface area (Å²) in [7, 11) is 0. The summed E-state index contributed by atoms with van der Waals surface area (Å²) in [5, 5.41) is 15.2. The van der Waals surface area contributed by atoms with Crippen molar-refractivity contribution in [3.8, 4) is 17.1 Å². The number of hydrogen-bond acceptors (Lipinski definition) is 7. The number of halogens is 3. The number of hydrogen-bond donors (Lipinski definition) is 0. The molecule has 0 N–H and O–H groups in total. The molecular formula is C19H11F3N4O4. The first-order chi connectivity index (χ1) is 14.3. The first-order valence-electron chi connectivity index (χ1n) is 8.46. The maximum atomic E-state index is 12.7. The molecule has 0 amide bonds. The highest BCUT2D eigenvalue weighted by Gasteiger charge is 2.30. The zero-order valence-corrected chi connectivity index (χ0v) is 15.0. The lowest BCUT2D eigenvalue weighted by atomic mass is 10.1. The van der Waals surface area contributed by atoms with E-state index in [4.69, 9.17) is 9.26 Å². The molecular weight excluding hydrogens is 405 g/mol. The predicted molar refractivity (Wildman–Crippen MR) is 97.5 cm³/mol. The molecule has 0 saturated heterocycles. The van der Waals surface area contributed by atoms with Crippen LogP contribution in [0.25, 0.3) is 22.2 Å².